The number of rotatable bonds is 3. The van der Waals surface area contributed by atoms with Crippen molar-refractivity contribution in [1.82, 2.24) is 5.32 Å². The first-order valence-corrected chi connectivity index (χ1v) is 6.13. The van der Waals surface area contributed by atoms with Gasteiger partial charge in [-0.15, -0.1) is 0 Å². The number of hydrogen-bond donors (Lipinski definition) is 2. The van der Waals surface area contributed by atoms with Crippen LogP contribution in [0.5, 0.6) is 0 Å². The van der Waals surface area contributed by atoms with Gasteiger partial charge in [0.2, 0.25) is 5.66 Å². The lowest BCUT2D eigenvalue weighted by atomic mass is 10.0. The number of amides is 1. The molecular formula is C14H20N2O4. The Hall–Kier alpha value is -2.08. The minimum atomic E-state index is -1.79. The lowest BCUT2D eigenvalue weighted by Gasteiger charge is -2.29. The number of nitrogens with one attached hydrogen (secondary N) is 1. The molecule has 0 saturated heterocycles. The van der Waals surface area contributed by atoms with Gasteiger partial charge in [-0.3, -0.25) is 11.1 Å². The van der Waals surface area contributed by atoms with Gasteiger partial charge in [0.1, 0.15) is 5.60 Å². The molecule has 0 unspecified atom stereocenters. The Bertz CT molecular complexity index is 482. The van der Waals surface area contributed by atoms with Crippen LogP contribution in [0.4, 0.5) is 4.79 Å². The minimum absolute atomic E-state index is 0.401. The van der Waals surface area contributed by atoms with Crippen LogP contribution in [-0.4, -0.2) is 24.8 Å². The Morgan fingerprint density at radius 3 is 2.15 bits per heavy atom. The first-order valence-electron chi connectivity index (χ1n) is 6.13. The fourth-order valence-electron chi connectivity index (χ4n) is 1.57. The van der Waals surface area contributed by atoms with Crippen molar-refractivity contribution in [3.05, 3.63) is 35.9 Å². The summed E-state index contributed by atoms with van der Waals surface area (Å²) in [5.74, 6) is -0.783. The molecule has 6 heteroatoms. The van der Waals surface area contributed by atoms with Crippen molar-refractivity contribution in [2.45, 2.75) is 32.0 Å². The van der Waals surface area contributed by atoms with E-state index >= 15 is 0 Å². The average Bonchev–Trinajstić information content (AvgIpc) is 2.36. The van der Waals surface area contributed by atoms with Crippen LogP contribution in [-0.2, 0) is 19.9 Å². The Balaban J connectivity index is 3.02. The highest BCUT2D eigenvalue weighted by molar-refractivity contribution is 5.86. The summed E-state index contributed by atoms with van der Waals surface area (Å²) < 4.78 is 9.78. The van der Waals surface area contributed by atoms with Crippen molar-refractivity contribution in [1.29, 1.82) is 0 Å². The second-order valence-corrected chi connectivity index (χ2v) is 5.29. The SMILES string of the molecule is COC(=O)[C@@](N)(NC(=O)OC(C)(C)C)c1ccccc1. The van der Waals surface area contributed by atoms with E-state index in [-0.39, 0.29) is 0 Å². The van der Waals surface area contributed by atoms with Crippen LogP contribution in [0, 0.1) is 0 Å². The van der Waals surface area contributed by atoms with Gasteiger partial charge in [0, 0.05) is 5.56 Å². The number of nitrogens with two attached hydrogens (primary N) is 1. The lowest BCUT2D eigenvalue weighted by molar-refractivity contribution is -0.149. The first kappa shape index (κ1) is 16.0. The quantitative estimate of drug-likeness (QED) is 0.646. The molecule has 0 radical (unpaired) electrons. The summed E-state index contributed by atoms with van der Waals surface area (Å²) in [6.45, 7) is 5.14. The second-order valence-electron chi connectivity index (χ2n) is 5.29. The third kappa shape index (κ3) is 3.96. The molecule has 0 aliphatic heterocycles. The summed E-state index contributed by atoms with van der Waals surface area (Å²) in [5, 5.41) is 2.36. The van der Waals surface area contributed by atoms with Crippen molar-refractivity contribution < 1.29 is 19.1 Å². The van der Waals surface area contributed by atoms with Crippen LogP contribution in [0.2, 0.25) is 0 Å². The fourth-order valence-corrected chi connectivity index (χ4v) is 1.57. The molecule has 1 amide bonds. The van der Waals surface area contributed by atoms with E-state index < -0.39 is 23.3 Å². The van der Waals surface area contributed by atoms with Gasteiger partial charge in [-0.1, -0.05) is 30.3 Å². The van der Waals surface area contributed by atoms with Crippen molar-refractivity contribution in [2.75, 3.05) is 7.11 Å². The number of methoxy groups -OCH3 is 1. The molecule has 1 rings (SSSR count). The summed E-state index contributed by atoms with van der Waals surface area (Å²) in [5.41, 5.74) is 3.92. The normalized spacial score (nSPS) is 14.1. The summed E-state index contributed by atoms with van der Waals surface area (Å²) in [7, 11) is 1.20. The van der Waals surface area contributed by atoms with E-state index in [2.05, 4.69) is 10.1 Å². The van der Waals surface area contributed by atoms with Crippen LogP contribution >= 0.6 is 0 Å². The number of carbonyl (C=O) groups is 2. The van der Waals surface area contributed by atoms with E-state index in [0.717, 1.165) is 0 Å². The van der Waals surface area contributed by atoms with Gasteiger partial charge in [0.25, 0.3) is 0 Å². The van der Waals surface area contributed by atoms with Crippen molar-refractivity contribution in [3.63, 3.8) is 0 Å². The van der Waals surface area contributed by atoms with Gasteiger partial charge >= 0.3 is 12.1 Å². The molecule has 3 N–H and O–H groups in total. The zero-order valence-electron chi connectivity index (χ0n) is 12.1. The van der Waals surface area contributed by atoms with Gasteiger partial charge in [0.05, 0.1) is 7.11 Å². The molecule has 0 aliphatic carbocycles. The molecule has 0 fully saturated rings. The first-order chi connectivity index (χ1) is 9.19. The molecule has 0 heterocycles. The van der Waals surface area contributed by atoms with Crippen LogP contribution in [0.1, 0.15) is 26.3 Å². The average molecular weight is 280 g/mol. The van der Waals surface area contributed by atoms with E-state index in [1.807, 2.05) is 0 Å². The molecule has 1 atom stereocenters. The van der Waals surface area contributed by atoms with Crippen LogP contribution in [0.25, 0.3) is 0 Å². The van der Waals surface area contributed by atoms with Crippen molar-refractivity contribution >= 4 is 12.1 Å². The van der Waals surface area contributed by atoms with Gasteiger partial charge in [-0.2, -0.15) is 0 Å². The molecule has 0 spiro atoms. The van der Waals surface area contributed by atoms with Gasteiger partial charge < -0.3 is 9.47 Å². The van der Waals surface area contributed by atoms with E-state index in [1.165, 1.54) is 7.11 Å². The number of ether oxygens (including phenoxy) is 2. The number of benzene rings is 1. The highest BCUT2D eigenvalue weighted by atomic mass is 16.6. The number of carbonyl (C=O) groups excluding carboxylic acids is 2. The predicted octanol–water partition coefficient (Wildman–Crippen LogP) is 1.50. The fraction of sp³-hybridized carbons (Fsp3) is 0.429. The molecule has 0 aliphatic rings. The van der Waals surface area contributed by atoms with E-state index in [1.54, 1.807) is 51.1 Å². The smallest absolute Gasteiger partial charge is 0.409 e. The molecule has 0 saturated carbocycles. The Labute approximate surface area is 118 Å². The van der Waals surface area contributed by atoms with E-state index in [4.69, 9.17) is 10.5 Å². The van der Waals surface area contributed by atoms with E-state index in [0.29, 0.717) is 5.56 Å². The maximum atomic E-state index is 11.9. The van der Waals surface area contributed by atoms with Crippen LogP contribution in [0.15, 0.2) is 30.3 Å². The Kier molecular flexibility index (Phi) is 4.73. The topological polar surface area (TPSA) is 90.6 Å². The third-order valence-electron chi connectivity index (χ3n) is 2.43. The molecule has 1 aromatic carbocycles. The summed E-state index contributed by atoms with van der Waals surface area (Å²) in [6.07, 6.45) is -0.797. The maximum Gasteiger partial charge on any atom is 0.409 e. The molecule has 0 bridgehead atoms. The second kappa shape index (κ2) is 5.92. The van der Waals surface area contributed by atoms with Gasteiger partial charge in [-0.05, 0) is 20.8 Å². The number of hydrogen-bond acceptors (Lipinski definition) is 5. The number of alkyl carbamates (subject to hydrolysis) is 1. The van der Waals surface area contributed by atoms with Crippen LogP contribution < -0.4 is 11.1 Å². The summed E-state index contributed by atoms with van der Waals surface area (Å²) >= 11 is 0. The van der Waals surface area contributed by atoms with Crippen molar-refractivity contribution in [2.24, 2.45) is 5.73 Å². The summed E-state index contributed by atoms with van der Waals surface area (Å²) in [4.78, 5) is 23.8. The Morgan fingerprint density at radius 1 is 1.15 bits per heavy atom. The molecule has 110 valence electrons. The highest BCUT2D eigenvalue weighted by Gasteiger charge is 2.40. The zero-order chi connectivity index (χ0) is 15.4. The number of esters is 1. The van der Waals surface area contributed by atoms with Crippen molar-refractivity contribution in [3.8, 4) is 0 Å². The van der Waals surface area contributed by atoms with E-state index in [9.17, 15) is 9.59 Å². The highest BCUT2D eigenvalue weighted by Crippen LogP contribution is 2.18. The molecular weight excluding hydrogens is 260 g/mol. The van der Waals surface area contributed by atoms with Gasteiger partial charge in [0.15, 0.2) is 0 Å². The third-order valence-corrected chi connectivity index (χ3v) is 2.43. The monoisotopic (exact) mass is 280 g/mol. The van der Waals surface area contributed by atoms with Gasteiger partial charge in [-0.25, -0.2) is 9.59 Å². The maximum absolute atomic E-state index is 11.9. The summed E-state index contributed by atoms with van der Waals surface area (Å²) in [6, 6.07) is 8.42. The predicted molar refractivity (Wildman–Crippen MR) is 73.7 cm³/mol. The standard InChI is InChI=1S/C14H20N2O4/c1-13(2,3)20-12(18)16-14(15,11(17)19-4)10-8-6-5-7-9-10/h5-9H,15H2,1-4H3,(H,16,18)/t14-/m0/s1. The molecule has 20 heavy (non-hydrogen) atoms. The minimum Gasteiger partial charge on any atom is -0.466 e. The molecule has 1 aromatic rings. The molecule has 6 nitrogen and oxygen atoms in total. The van der Waals surface area contributed by atoms with Crippen LogP contribution in [0.3, 0.4) is 0 Å². The lowest BCUT2D eigenvalue weighted by Crippen LogP contribution is -2.59. The molecule has 0 aromatic heterocycles. The Morgan fingerprint density at radius 2 is 1.70 bits per heavy atom. The zero-order valence-corrected chi connectivity index (χ0v) is 12.1. The largest absolute Gasteiger partial charge is 0.466 e.